The molecule has 448 valence electrons. The van der Waals surface area contributed by atoms with E-state index in [4.69, 9.17) is 24.1 Å². The van der Waals surface area contributed by atoms with E-state index < -0.39 is 71.3 Å². The van der Waals surface area contributed by atoms with Crippen molar-refractivity contribution in [1.29, 1.82) is 0 Å². The van der Waals surface area contributed by atoms with Crippen molar-refractivity contribution < 1.29 is 67.5 Å². The molecule has 20 heteroatoms. The van der Waals surface area contributed by atoms with Crippen LogP contribution in [0.15, 0.2) is 193 Å². The maximum absolute atomic E-state index is 12.7. The molecule has 0 bridgehead atoms. The van der Waals surface area contributed by atoms with E-state index in [0.29, 0.717) is 16.7 Å². The number of amides is 2. The fourth-order valence-corrected chi connectivity index (χ4v) is 9.46. The number of rotatable bonds is 24. The summed E-state index contributed by atoms with van der Waals surface area (Å²) in [6.45, 7) is 7.73. The average Bonchev–Trinajstić information content (AvgIpc) is 4.41. The van der Waals surface area contributed by atoms with Crippen LogP contribution in [-0.2, 0) is 83.0 Å². The first kappa shape index (κ1) is 67.1. The number of carbonyl (C=O) groups is 8. The molecule has 0 spiro atoms. The van der Waals surface area contributed by atoms with Crippen LogP contribution in [0.3, 0.4) is 0 Å². The van der Waals surface area contributed by atoms with Gasteiger partial charge in [0.05, 0.1) is 37.8 Å². The van der Waals surface area contributed by atoms with E-state index >= 15 is 0 Å². The molecule has 8 rings (SSSR count). The number of carbonyl (C=O) groups excluding carboxylic acids is 6. The van der Waals surface area contributed by atoms with Gasteiger partial charge < -0.3 is 39.8 Å². The van der Waals surface area contributed by atoms with Crippen LogP contribution in [0.5, 0.6) is 0 Å². The lowest BCUT2D eigenvalue weighted by Gasteiger charge is -2.14. The number of nitrogens with one attached hydrogen (secondary N) is 2. The summed E-state index contributed by atoms with van der Waals surface area (Å²) in [5.74, 6) is -9.63. The van der Waals surface area contributed by atoms with Crippen molar-refractivity contribution in [2.24, 2.45) is 23.7 Å². The predicted molar refractivity (Wildman–Crippen MR) is 329 cm³/mol. The van der Waals surface area contributed by atoms with Gasteiger partial charge in [0.2, 0.25) is 11.8 Å². The molecule has 0 saturated heterocycles. The highest BCUT2D eigenvalue weighted by Gasteiger charge is 2.32. The summed E-state index contributed by atoms with van der Waals surface area (Å²) in [5.41, 5.74) is 6.86. The number of aliphatic carboxylic acids is 2. The lowest BCUT2D eigenvalue weighted by molar-refractivity contribution is -0.162. The highest BCUT2D eigenvalue weighted by molar-refractivity contribution is 7.14. The summed E-state index contributed by atoms with van der Waals surface area (Å²) in [5, 5.41) is 28.3. The topological polar surface area (TPSA) is 264 Å². The van der Waals surface area contributed by atoms with E-state index in [9.17, 15) is 43.5 Å². The van der Waals surface area contributed by atoms with E-state index in [1.54, 1.807) is 64.1 Å². The standard InChI is InChI=1S/C21H20N2O3S.C19H16N2O3S.C14H18O4.C12H14O4/c1-2-26-20(25)17(13-15-9-5-3-6-10-15)19(24)23-21-22-18(14-27-21)16-11-7-4-8-12-16;22-17(15(18(23)24)11-13-7-3-1-4-8-13)21-19-20-16(12-25-19)14-9-5-2-6-10-14;1-3-17-13(15)12(14(16)18-4-2)10-11-8-6-5-7-9-11;1-2-16-12(15)10(11(13)14)8-9-6-4-3-5-7-9/h3-12,14,17H,2,13H2,1H3,(H,22,23,24);1-10,12,15H,11H2,(H,23,24)(H,20,21,22);5-9,12H,3-4,10H2,1-2H3;3-7,10H,2,8H2,1H3,(H,13,14). The molecule has 4 N–H and O–H groups in total. The molecule has 3 unspecified atom stereocenters. The zero-order chi connectivity index (χ0) is 62.1. The lowest BCUT2D eigenvalue weighted by Crippen LogP contribution is -2.33. The van der Waals surface area contributed by atoms with E-state index in [1.165, 1.54) is 22.7 Å². The molecule has 0 aliphatic carbocycles. The SMILES string of the molecule is CCOC(=O)C(Cc1ccccc1)C(=O)Nc1nc(-c2ccccc2)cs1.CCOC(=O)C(Cc1ccccc1)C(=O)O.CCOC(=O)C(Cc1ccccc1)C(=O)OCC.O=C(O)C(Cc1ccccc1)C(=O)Nc1nc(-c2ccccc2)cs1. The average molecular weight is 1210 g/mol. The fourth-order valence-electron chi connectivity index (χ4n) is 8.01. The van der Waals surface area contributed by atoms with Crippen LogP contribution in [0.2, 0.25) is 0 Å². The molecule has 0 aliphatic rings. The number of hydrogen-bond donors (Lipinski definition) is 4. The quantitative estimate of drug-likeness (QED) is 0.0249. The highest BCUT2D eigenvalue weighted by atomic mass is 32.1. The molecule has 86 heavy (non-hydrogen) atoms. The smallest absolute Gasteiger partial charge is 0.320 e. The maximum atomic E-state index is 12.7. The molecule has 2 amide bonds. The molecule has 0 saturated carbocycles. The third-order valence-corrected chi connectivity index (χ3v) is 13.8. The number of anilines is 2. The van der Waals surface area contributed by atoms with Crippen LogP contribution < -0.4 is 10.6 Å². The zero-order valence-electron chi connectivity index (χ0n) is 47.9. The van der Waals surface area contributed by atoms with Crippen molar-refractivity contribution >= 4 is 80.6 Å². The van der Waals surface area contributed by atoms with Gasteiger partial charge in [0, 0.05) is 21.9 Å². The summed E-state index contributed by atoms with van der Waals surface area (Å²) < 4.78 is 19.6. The molecule has 0 fully saturated rings. The molecule has 2 heterocycles. The summed E-state index contributed by atoms with van der Waals surface area (Å²) in [6, 6.07) is 56.2. The predicted octanol–water partition coefficient (Wildman–Crippen LogP) is 11.3. The molecule has 0 aliphatic heterocycles. The number of aromatic nitrogens is 2. The van der Waals surface area contributed by atoms with Crippen LogP contribution in [0.4, 0.5) is 10.3 Å². The van der Waals surface area contributed by atoms with Crippen LogP contribution in [-0.4, -0.2) is 94.2 Å². The van der Waals surface area contributed by atoms with E-state index in [0.717, 1.165) is 44.8 Å². The van der Waals surface area contributed by atoms with Crippen LogP contribution in [0.1, 0.15) is 49.9 Å². The molecular weight excluding hydrogens is 1140 g/mol. The monoisotopic (exact) mass is 1200 g/mol. The van der Waals surface area contributed by atoms with Crippen molar-refractivity contribution in [2.75, 3.05) is 37.1 Å². The zero-order valence-corrected chi connectivity index (χ0v) is 49.6. The van der Waals surface area contributed by atoms with Crippen molar-refractivity contribution in [3.63, 3.8) is 0 Å². The van der Waals surface area contributed by atoms with Crippen LogP contribution in [0, 0.1) is 23.7 Å². The minimum absolute atomic E-state index is 0.138. The first-order valence-corrected chi connectivity index (χ1v) is 29.3. The molecular formula is C66H68N4O14S2. The molecule has 3 atom stereocenters. The molecule has 18 nitrogen and oxygen atoms in total. The van der Waals surface area contributed by atoms with Crippen molar-refractivity contribution in [3.05, 3.63) is 215 Å². The summed E-state index contributed by atoms with van der Waals surface area (Å²) in [6.07, 6.45) is 0.884. The Morgan fingerprint density at radius 2 is 0.628 bits per heavy atom. The van der Waals surface area contributed by atoms with Crippen molar-refractivity contribution in [1.82, 2.24) is 9.97 Å². The van der Waals surface area contributed by atoms with Gasteiger partial charge in [0.1, 0.15) is 11.8 Å². The molecule has 6 aromatic carbocycles. The largest absolute Gasteiger partial charge is 0.481 e. The maximum Gasteiger partial charge on any atom is 0.320 e. The van der Waals surface area contributed by atoms with Gasteiger partial charge in [-0.05, 0) is 75.6 Å². The van der Waals surface area contributed by atoms with Gasteiger partial charge >= 0.3 is 35.8 Å². The highest BCUT2D eigenvalue weighted by Crippen LogP contribution is 2.27. The van der Waals surface area contributed by atoms with Gasteiger partial charge in [-0.1, -0.05) is 182 Å². The normalized spacial score (nSPS) is 11.4. The van der Waals surface area contributed by atoms with E-state index in [-0.39, 0.29) is 45.7 Å². The number of hydrogen-bond acceptors (Lipinski definition) is 16. The lowest BCUT2D eigenvalue weighted by atomic mass is 9.98. The Kier molecular flexibility index (Phi) is 28.7. The summed E-state index contributed by atoms with van der Waals surface area (Å²) in [4.78, 5) is 104. The molecule has 2 aromatic heterocycles. The van der Waals surface area contributed by atoms with Crippen molar-refractivity contribution in [2.45, 2.75) is 53.4 Å². The number of nitrogens with zero attached hydrogens (tertiary/aromatic N) is 2. The number of ether oxygens (including phenoxy) is 4. The Morgan fingerprint density at radius 1 is 0.372 bits per heavy atom. The second kappa shape index (κ2) is 36.8. The fraction of sp³-hybridized carbons (Fsp3) is 0.242. The Balaban J connectivity index is 0.000000214. The van der Waals surface area contributed by atoms with Gasteiger partial charge in [-0.15, -0.1) is 22.7 Å². The number of benzene rings is 6. The Hall–Kier alpha value is -9.66. The first-order chi connectivity index (χ1) is 41.6. The van der Waals surface area contributed by atoms with Gasteiger partial charge in [0.15, 0.2) is 22.1 Å². The number of thiazole rings is 2. The van der Waals surface area contributed by atoms with E-state index in [1.807, 2.05) is 156 Å². The number of carboxylic acids is 2. The first-order valence-electron chi connectivity index (χ1n) is 27.6. The van der Waals surface area contributed by atoms with Gasteiger partial charge in [-0.25, -0.2) is 9.97 Å². The third kappa shape index (κ3) is 22.8. The van der Waals surface area contributed by atoms with Crippen LogP contribution >= 0.6 is 22.7 Å². The third-order valence-electron chi connectivity index (χ3n) is 12.3. The molecule has 8 aromatic rings. The Labute approximate surface area is 507 Å². The summed E-state index contributed by atoms with van der Waals surface area (Å²) in [7, 11) is 0. The Morgan fingerprint density at radius 3 is 0.942 bits per heavy atom. The van der Waals surface area contributed by atoms with E-state index in [2.05, 4.69) is 20.6 Å². The van der Waals surface area contributed by atoms with Crippen LogP contribution in [0.25, 0.3) is 22.5 Å². The molecule has 0 radical (unpaired) electrons. The second-order valence-corrected chi connectivity index (χ2v) is 20.2. The minimum Gasteiger partial charge on any atom is -0.481 e. The minimum atomic E-state index is -1.16. The Bertz CT molecular complexity index is 3350. The number of carboxylic acid groups (broad SMARTS) is 2. The van der Waals surface area contributed by atoms with Gasteiger partial charge in [-0.3, -0.25) is 38.4 Å². The second-order valence-electron chi connectivity index (χ2n) is 18.4. The van der Waals surface area contributed by atoms with Crippen molar-refractivity contribution in [3.8, 4) is 22.5 Å². The summed E-state index contributed by atoms with van der Waals surface area (Å²) >= 11 is 2.60. The van der Waals surface area contributed by atoms with Gasteiger partial charge in [0.25, 0.3) is 0 Å². The number of esters is 4. The van der Waals surface area contributed by atoms with Gasteiger partial charge in [-0.2, -0.15) is 0 Å².